The minimum atomic E-state index is 0.00137. The molecule has 0 spiro atoms. The average Bonchev–Trinajstić information content (AvgIpc) is 2.91. The number of amides is 1. The van der Waals surface area contributed by atoms with Crippen LogP contribution >= 0.6 is 0 Å². The third-order valence-corrected chi connectivity index (χ3v) is 6.78. The lowest BCUT2D eigenvalue weighted by molar-refractivity contribution is -0.133. The smallest absolute Gasteiger partial charge is 0.242 e. The van der Waals surface area contributed by atoms with Gasteiger partial charge in [-0.3, -0.25) is 14.5 Å². The van der Waals surface area contributed by atoms with E-state index in [1.54, 1.807) is 14.2 Å². The summed E-state index contributed by atoms with van der Waals surface area (Å²) in [6.45, 7) is 3.79. The molecular weight excluding hydrogens is 442 g/mol. The number of hydrogen-bond acceptors (Lipinski definition) is 5. The van der Waals surface area contributed by atoms with E-state index in [0.29, 0.717) is 23.9 Å². The van der Waals surface area contributed by atoms with Crippen molar-refractivity contribution in [2.45, 2.75) is 13.1 Å². The van der Waals surface area contributed by atoms with Gasteiger partial charge in [0.2, 0.25) is 5.91 Å². The van der Waals surface area contributed by atoms with Gasteiger partial charge in [0.1, 0.15) is 18.0 Å². The molecule has 7 heteroatoms. The number of ether oxygens (including phenoxy) is 2. The van der Waals surface area contributed by atoms with Gasteiger partial charge >= 0.3 is 0 Å². The minimum Gasteiger partial charge on any atom is -0.497 e. The van der Waals surface area contributed by atoms with Crippen LogP contribution < -0.4 is 14.9 Å². The number of rotatable bonds is 6. The molecule has 1 aliphatic rings. The van der Waals surface area contributed by atoms with Gasteiger partial charge in [-0.05, 0) is 42.5 Å². The fourth-order valence-electron chi connectivity index (χ4n) is 4.88. The van der Waals surface area contributed by atoms with Crippen LogP contribution in [0.3, 0.4) is 0 Å². The van der Waals surface area contributed by atoms with Crippen molar-refractivity contribution >= 4 is 27.7 Å². The first-order valence-corrected chi connectivity index (χ1v) is 11.8. The molecule has 3 aromatic carbocycles. The summed E-state index contributed by atoms with van der Waals surface area (Å²) in [5, 5.41) is 1.27. The van der Waals surface area contributed by atoms with Gasteiger partial charge in [-0.1, -0.05) is 24.3 Å². The highest BCUT2D eigenvalue weighted by molar-refractivity contribution is 5.94. The average molecular weight is 472 g/mol. The van der Waals surface area contributed by atoms with Gasteiger partial charge in [0.05, 0.1) is 25.3 Å². The van der Waals surface area contributed by atoms with E-state index in [1.165, 1.54) is 0 Å². The molecule has 0 radical (unpaired) electrons. The summed E-state index contributed by atoms with van der Waals surface area (Å²) >= 11 is 0. The van der Waals surface area contributed by atoms with Gasteiger partial charge in [-0.25, -0.2) is 0 Å². The normalized spacial score (nSPS) is 14.4. The Morgan fingerprint density at radius 2 is 1.46 bits per heavy atom. The standard InChI is InChI=1S/C28H29N3O4/c1-34-21-11-12-26(35-2)20(17-21)18-29-13-15-30(16-14-29)27(32)19-31-24-9-5-3-7-22(24)28(33)23-8-4-6-10-25(23)31/h3-12,17H,13-16,18-19H2,1-2H3. The lowest BCUT2D eigenvalue weighted by Gasteiger charge is -2.35. The van der Waals surface area contributed by atoms with Crippen LogP contribution in [0.1, 0.15) is 5.56 Å². The zero-order valence-corrected chi connectivity index (χ0v) is 20.1. The molecule has 180 valence electrons. The molecule has 4 aromatic rings. The van der Waals surface area contributed by atoms with E-state index in [1.807, 2.05) is 76.2 Å². The maximum Gasteiger partial charge on any atom is 0.242 e. The Morgan fingerprint density at radius 3 is 2.06 bits per heavy atom. The van der Waals surface area contributed by atoms with E-state index in [-0.39, 0.29) is 17.9 Å². The predicted molar refractivity (Wildman–Crippen MR) is 137 cm³/mol. The van der Waals surface area contributed by atoms with Crippen molar-refractivity contribution in [2.24, 2.45) is 0 Å². The van der Waals surface area contributed by atoms with Crippen LogP contribution in [0.2, 0.25) is 0 Å². The van der Waals surface area contributed by atoms with Crippen LogP contribution in [-0.4, -0.2) is 60.7 Å². The maximum absolute atomic E-state index is 13.4. The van der Waals surface area contributed by atoms with Gasteiger partial charge < -0.3 is 18.9 Å². The van der Waals surface area contributed by atoms with Crippen molar-refractivity contribution in [2.75, 3.05) is 40.4 Å². The molecule has 0 bridgehead atoms. The number of aromatic nitrogens is 1. The Kier molecular flexibility index (Phi) is 6.42. The first kappa shape index (κ1) is 22.9. The fourth-order valence-corrected chi connectivity index (χ4v) is 4.88. The molecule has 1 amide bonds. The molecule has 5 rings (SSSR count). The Hall–Kier alpha value is -3.84. The predicted octanol–water partition coefficient (Wildman–Crippen LogP) is 3.52. The van der Waals surface area contributed by atoms with Crippen molar-refractivity contribution in [3.63, 3.8) is 0 Å². The Balaban J connectivity index is 1.32. The lowest BCUT2D eigenvalue weighted by atomic mass is 10.1. The van der Waals surface area contributed by atoms with Crippen molar-refractivity contribution in [1.29, 1.82) is 0 Å². The van der Waals surface area contributed by atoms with Gasteiger partial charge in [0, 0.05) is 49.1 Å². The second-order valence-electron chi connectivity index (χ2n) is 8.78. The molecule has 1 fully saturated rings. The highest BCUT2D eigenvalue weighted by Gasteiger charge is 2.23. The SMILES string of the molecule is COc1ccc(OC)c(CN2CCN(C(=O)Cn3c4ccccc4c(=O)c4ccccc43)CC2)c1. The third kappa shape index (κ3) is 4.47. The first-order valence-electron chi connectivity index (χ1n) is 11.8. The van der Waals surface area contributed by atoms with E-state index in [2.05, 4.69) is 4.90 Å². The molecule has 0 atom stereocenters. The molecule has 1 aliphatic heterocycles. The Bertz CT molecular complexity index is 1380. The largest absolute Gasteiger partial charge is 0.497 e. The molecule has 1 aromatic heterocycles. The van der Waals surface area contributed by atoms with Gasteiger partial charge in [-0.15, -0.1) is 0 Å². The van der Waals surface area contributed by atoms with E-state index in [4.69, 9.17) is 9.47 Å². The number of hydrogen-bond donors (Lipinski definition) is 0. The van der Waals surface area contributed by atoms with Crippen molar-refractivity contribution in [3.8, 4) is 11.5 Å². The lowest BCUT2D eigenvalue weighted by Crippen LogP contribution is -2.49. The number of para-hydroxylation sites is 2. The molecular formula is C28H29N3O4. The van der Waals surface area contributed by atoms with Crippen LogP contribution in [0, 0.1) is 0 Å². The summed E-state index contributed by atoms with van der Waals surface area (Å²) < 4.78 is 12.9. The highest BCUT2D eigenvalue weighted by atomic mass is 16.5. The number of carbonyl (C=O) groups excluding carboxylic acids is 1. The maximum atomic E-state index is 13.4. The summed E-state index contributed by atoms with van der Waals surface area (Å²) in [6, 6.07) is 20.8. The summed E-state index contributed by atoms with van der Waals surface area (Å²) in [5.41, 5.74) is 2.64. The Morgan fingerprint density at radius 1 is 0.829 bits per heavy atom. The summed E-state index contributed by atoms with van der Waals surface area (Å²) in [4.78, 5) is 30.6. The number of methoxy groups -OCH3 is 2. The molecule has 0 aliphatic carbocycles. The molecule has 2 heterocycles. The second kappa shape index (κ2) is 9.80. The number of fused-ring (bicyclic) bond motifs is 2. The molecule has 35 heavy (non-hydrogen) atoms. The molecule has 7 nitrogen and oxygen atoms in total. The number of piperazine rings is 1. The Labute approximate surface area is 204 Å². The van der Waals surface area contributed by atoms with E-state index in [0.717, 1.165) is 47.7 Å². The molecule has 0 saturated carbocycles. The van der Waals surface area contributed by atoms with Crippen LogP contribution in [0.15, 0.2) is 71.5 Å². The summed E-state index contributed by atoms with van der Waals surface area (Å²) in [6.07, 6.45) is 0. The van der Waals surface area contributed by atoms with Crippen LogP contribution in [0.5, 0.6) is 11.5 Å². The molecule has 1 saturated heterocycles. The number of carbonyl (C=O) groups is 1. The minimum absolute atomic E-state index is 0.00137. The van der Waals surface area contributed by atoms with Crippen molar-refractivity contribution in [3.05, 3.63) is 82.5 Å². The molecule has 0 N–H and O–H groups in total. The highest BCUT2D eigenvalue weighted by Crippen LogP contribution is 2.26. The van der Waals surface area contributed by atoms with Gasteiger partial charge in [0.25, 0.3) is 0 Å². The second-order valence-corrected chi connectivity index (χ2v) is 8.78. The zero-order valence-electron chi connectivity index (χ0n) is 20.1. The fraction of sp³-hybridized carbons (Fsp3) is 0.286. The summed E-state index contributed by atoms with van der Waals surface area (Å²) in [7, 11) is 3.33. The van der Waals surface area contributed by atoms with Crippen LogP contribution in [0.25, 0.3) is 21.8 Å². The topological polar surface area (TPSA) is 64.0 Å². The molecule has 0 unspecified atom stereocenters. The van der Waals surface area contributed by atoms with Crippen LogP contribution in [0.4, 0.5) is 0 Å². The van der Waals surface area contributed by atoms with Crippen molar-refractivity contribution in [1.82, 2.24) is 14.4 Å². The van der Waals surface area contributed by atoms with Crippen LogP contribution in [-0.2, 0) is 17.9 Å². The number of nitrogens with zero attached hydrogens (tertiary/aromatic N) is 3. The number of pyridine rings is 1. The summed E-state index contributed by atoms with van der Waals surface area (Å²) in [5.74, 6) is 1.69. The number of benzene rings is 3. The van der Waals surface area contributed by atoms with E-state index in [9.17, 15) is 9.59 Å². The van der Waals surface area contributed by atoms with Crippen molar-refractivity contribution < 1.29 is 14.3 Å². The van der Waals surface area contributed by atoms with E-state index >= 15 is 0 Å². The monoisotopic (exact) mass is 471 g/mol. The first-order chi connectivity index (χ1) is 17.1. The van der Waals surface area contributed by atoms with Gasteiger partial charge in [0.15, 0.2) is 5.43 Å². The van der Waals surface area contributed by atoms with E-state index < -0.39 is 0 Å². The van der Waals surface area contributed by atoms with Gasteiger partial charge in [-0.2, -0.15) is 0 Å². The third-order valence-electron chi connectivity index (χ3n) is 6.78. The zero-order chi connectivity index (χ0) is 24.4. The quantitative estimate of drug-likeness (QED) is 0.403.